The molecule has 2 unspecified atom stereocenters. The number of nitrogens with one attached hydrogen (secondary N) is 1. The fourth-order valence-electron chi connectivity index (χ4n) is 2.42. The molecule has 2 rings (SSSR count). The van der Waals surface area contributed by atoms with E-state index >= 15 is 0 Å². The molecule has 0 aromatic heterocycles. The van der Waals surface area contributed by atoms with Crippen molar-refractivity contribution < 1.29 is 9.53 Å². The first-order valence-electron chi connectivity index (χ1n) is 6.37. The predicted molar refractivity (Wildman–Crippen MR) is 70.2 cm³/mol. The number of rotatable bonds is 4. The fourth-order valence-corrected chi connectivity index (χ4v) is 2.42. The molecule has 0 saturated heterocycles. The van der Waals surface area contributed by atoms with Crippen LogP contribution in [0.25, 0.3) is 0 Å². The lowest BCUT2D eigenvalue weighted by atomic mass is 10.0. The lowest BCUT2D eigenvalue weighted by Crippen LogP contribution is -2.38. The second-order valence-electron chi connectivity index (χ2n) is 4.77. The fraction of sp³-hybridized carbons (Fsp3) is 0.500. The van der Waals surface area contributed by atoms with E-state index in [1.54, 1.807) is 7.11 Å². The molecule has 4 nitrogen and oxygen atoms in total. The highest BCUT2D eigenvalue weighted by atomic mass is 16.5. The maximum absolute atomic E-state index is 12.0. The number of ether oxygens (including phenoxy) is 1. The Labute approximate surface area is 108 Å². The highest BCUT2D eigenvalue weighted by Gasteiger charge is 2.29. The van der Waals surface area contributed by atoms with Crippen LogP contribution in [0.4, 0.5) is 0 Å². The molecule has 1 fully saturated rings. The summed E-state index contributed by atoms with van der Waals surface area (Å²) in [6, 6.07) is 7.72. The van der Waals surface area contributed by atoms with Gasteiger partial charge in [-0.2, -0.15) is 0 Å². The Kier molecular flexibility index (Phi) is 4.20. The van der Waals surface area contributed by atoms with Crippen molar-refractivity contribution in [2.45, 2.75) is 31.8 Å². The van der Waals surface area contributed by atoms with Gasteiger partial charge in [-0.05, 0) is 30.5 Å². The molecule has 1 aliphatic rings. The molecule has 0 radical (unpaired) electrons. The summed E-state index contributed by atoms with van der Waals surface area (Å²) in [5.41, 5.74) is 6.95. The summed E-state index contributed by atoms with van der Waals surface area (Å²) in [4.78, 5) is 12.0. The van der Waals surface area contributed by atoms with Crippen molar-refractivity contribution in [3.05, 3.63) is 29.8 Å². The average Bonchev–Trinajstić information content (AvgIpc) is 2.82. The quantitative estimate of drug-likeness (QED) is 0.847. The molecule has 2 atom stereocenters. The highest BCUT2D eigenvalue weighted by Crippen LogP contribution is 2.24. The number of hydrogen-bond donors (Lipinski definition) is 2. The number of benzene rings is 1. The van der Waals surface area contributed by atoms with Crippen molar-refractivity contribution in [1.29, 1.82) is 0 Å². The first-order chi connectivity index (χ1) is 8.70. The molecule has 0 heterocycles. The molecular formula is C14H20N2O2. The Hall–Kier alpha value is -1.55. The summed E-state index contributed by atoms with van der Waals surface area (Å²) in [5.74, 6) is 0.859. The molecule has 1 amide bonds. The van der Waals surface area contributed by atoms with Crippen LogP contribution in [-0.2, 0) is 11.3 Å². The third kappa shape index (κ3) is 3.01. The van der Waals surface area contributed by atoms with E-state index in [1.807, 2.05) is 24.3 Å². The van der Waals surface area contributed by atoms with Crippen LogP contribution < -0.4 is 15.8 Å². The van der Waals surface area contributed by atoms with Crippen LogP contribution >= 0.6 is 0 Å². The van der Waals surface area contributed by atoms with Gasteiger partial charge in [-0.1, -0.05) is 18.6 Å². The van der Waals surface area contributed by atoms with Gasteiger partial charge in [0.25, 0.3) is 0 Å². The molecule has 18 heavy (non-hydrogen) atoms. The third-order valence-electron chi connectivity index (χ3n) is 3.51. The number of amides is 1. The average molecular weight is 248 g/mol. The third-order valence-corrected chi connectivity index (χ3v) is 3.51. The summed E-state index contributed by atoms with van der Waals surface area (Å²) in [6.45, 7) is 0.527. The van der Waals surface area contributed by atoms with E-state index in [-0.39, 0.29) is 17.9 Å². The lowest BCUT2D eigenvalue weighted by molar-refractivity contribution is -0.125. The number of carbonyl (C=O) groups excluding carboxylic acids is 1. The Morgan fingerprint density at radius 1 is 1.50 bits per heavy atom. The second-order valence-corrected chi connectivity index (χ2v) is 4.77. The summed E-state index contributed by atoms with van der Waals surface area (Å²) in [6.07, 6.45) is 2.92. The number of methoxy groups -OCH3 is 1. The van der Waals surface area contributed by atoms with Gasteiger partial charge in [-0.15, -0.1) is 0 Å². The highest BCUT2D eigenvalue weighted by molar-refractivity contribution is 5.79. The molecule has 0 spiro atoms. The summed E-state index contributed by atoms with van der Waals surface area (Å²) in [7, 11) is 1.63. The van der Waals surface area contributed by atoms with Crippen LogP contribution in [0, 0.1) is 5.92 Å². The lowest BCUT2D eigenvalue weighted by Gasteiger charge is -2.15. The Morgan fingerprint density at radius 2 is 2.33 bits per heavy atom. The van der Waals surface area contributed by atoms with Crippen LogP contribution in [0.5, 0.6) is 5.75 Å². The SMILES string of the molecule is COc1cccc(CNC(=O)C2CCCC2N)c1. The Balaban J connectivity index is 1.88. The predicted octanol–water partition coefficient (Wildman–Crippen LogP) is 1.44. The molecule has 1 aliphatic carbocycles. The monoisotopic (exact) mass is 248 g/mol. The van der Waals surface area contributed by atoms with Gasteiger partial charge in [0, 0.05) is 12.6 Å². The van der Waals surface area contributed by atoms with E-state index in [1.165, 1.54) is 0 Å². The largest absolute Gasteiger partial charge is 0.497 e. The van der Waals surface area contributed by atoms with Gasteiger partial charge in [0.2, 0.25) is 5.91 Å². The number of nitrogens with two attached hydrogens (primary N) is 1. The summed E-state index contributed by atoms with van der Waals surface area (Å²) in [5, 5.41) is 2.95. The van der Waals surface area contributed by atoms with Gasteiger partial charge in [-0.3, -0.25) is 4.79 Å². The van der Waals surface area contributed by atoms with Crippen molar-refractivity contribution in [1.82, 2.24) is 5.32 Å². The van der Waals surface area contributed by atoms with Crippen molar-refractivity contribution in [2.24, 2.45) is 11.7 Å². The molecule has 4 heteroatoms. The molecule has 1 aromatic carbocycles. The van der Waals surface area contributed by atoms with Crippen LogP contribution in [0.2, 0.25) is 0 Å². The van der Waals surface area contributed by atoms with Crippen molar-refractivity contribution in [2.75, 3.05) is 7.11 Å². The van der Waals surface area contributed by atoms with Crippen LogP contribution in [0.15, 0.2) is 24.3 Å². The Bertz CT molecular complexity index is 420. The van der Waals surface area contributed by atoms with Crippen molar-refractivity contribution in [3.63, 3.8) is 0 Å². The van der Waals surface area contributed by atoms with E-state index < -0.39 is 0 Å². The molecule has 1 aromatic rings. The molecule has 0 bridgehead atoms. The number of carbonyl (C=O) groups is 1. The zero-order valence-electron chi connectivity index (χ0n) is 10.7. The summed E-state index contributed by atoms with van der Waals surface area (Å²) < 4.78 is 5.15. The van der Waals surface area contributed by atoms with E-state index in [0.717, 1.165) is 30.6 Å². The van der Waals surface area contributed by atoms with Gasteiger partial charge in [0.05, 0.1) is 13.0 Å². The standard InChI is InChI=1S/C14H20N2O2/c1-18-11-5-2-4-10(8-11)9-16-14(17)12-6-3-7-13(12)15/h2,4-5,8,12-13H,3,6-7,9,15H2,1H3,(H,16,17). The van der Waals surface area contributed by atoms with Gasteiger partial charge in [-0.25, -0.2) is 0 Å². The minimum absolute atomic E-state index is 0.0180. The summed E-state index contributed by atoms with van der Waals surface area (Å²) >= 11 is 0. The minimum atomic E-state index is -0.0180. The van der Waals surface area contributed by atoms with Crippen LogP contribution in [0.1, 0.15) is 24.8 Å². The van der Waals surface area contributed by atoms with Crippen molar-refractivity contribution in [3.8, 4) is 5.75 Å². The van der Waals surface area contributed by atoms with E-state index in [9.17, 15) is 4.79 Å². The van der Waals surface area contributed by atoms with Gasteiger partial charge in [0.1, 0.15) is 5.75 Å². The molecule has 1 saturated carbocycles. The van der Waals surface area contributed by atoms with Crippen LogP contribution in [-0.4, -0.2) is 19.1 Å². The number of hydrogen-bond acceptors (Lipinski definition) is 3. The molecule has 0 aliphatic heterocycles. The van der Waals surface area contributed by atoms with Gasteiger partial charge < -0.3 is 15.8 Å². The first-order valence-corrected chi connectivity index (χ1v) is 6.37. The van der Waals surface area contributed by atoms with Crippen molar-refractivity contribution >= 4 is 5.91 Å². The zero-order valence-corrected chi connectivity index (χ0v) is 10.7. The van der Waals surface area contributed by atoms with E-state index in [2.05, 4.69) is 5.32 Å². The van der Waals surface area contributed by atoms with Crippen LogP contribution in [0.3, 0.4) is 0 Å². The van der Waals surface area contributed by atoms with Gasteiger partial charge >= 0.3 is 0 Å². The topological polar surface area (TPSA) is 64.3 Å². The first kappa shape index (κ1) is 12.9. The van der Waals surface area contributed by atoms with E-state index in [4.69, 9.17) is 10.5 Å². The zero-order chi connectivity index (χ0) is 13.0. The molecule has 98 valence electrons. The maximum atomic E-state index is 12.0. The Morgan fingerprint density at radius 3 is 3.00 bits per heavy atom. The van der Waals surface area contributed by atoms with Gasteiger partial charge in [0.15, 0.2) is 0 Å². The van der Waals surface area contributed by atoms with E-state index in [0.29, 0.717) is 6.54 Å². The normalized spacial score (nSPS) is 22.8. The minimum Gasteiger partial charge on any atom is -0.497 e. The molecular weight excluding hydrogens is 228 g/mol. The maximum Gasteiger partial charge on any atom is 0.224 e. The molecule has 3 N–H and O–H groups in total. The second kappa shape index (κ2) is 5.87. The smallest absolute Gasteiger partial charge is 0.224 e.